The zero-order chi connectivity index (χ0) is 13.9. The number of rotatable bonds is 5. The molecule has 0 aliphatic carbocycles. The molecule has 0 fully saturated rings. The van der Waals surface area contributed by atoms with E-state index in [2.05, 4.69) is 15.5 Å². The summed E-state index contributed by atoms with van der Waals surface area (Å²) in [7, 11) is -2.45. The summed E-state index contributed by atoms with van der Waals surface area (Å²) in [5, 5.41) is 18.7. The minimum absolute atomic E-state index is 0.0443. The molecule has 1 atom stereocenters. The van der Waals surface area contributed by atoms with Crippen LogP contribution in [0.25, 0.3) is 0 Å². The fourth-order valence-corrected chi connectivity index (χ4v) is 3.50. The zero-order valence-electron chi connectivity index (χ0n) is 10.1. The van der Waals surface area contributed by atoms with E-state index in [1.54, 1.807) is 0 Å². The smallest absolute Gasteiger partial charge is 0.272 e. The molecule has 1 unspecified atom stereocenters. The van der Waals surface area contributed by atoms with Crippen LogP contribution in [0.15, 0.2) is 4.34 Å². The number of anilines is 1. The SMILES string of the molecule is CC(=O)Nc1nnc(S(=O)(=O)N(C)CC(C)O)s1. The first-order valence-corrected chi connectivity index (χ1v) is 7.24. The Bertz CT molecular complexity index is 525. The van der Waals surface area contributed by atoms with Gasteiger partial charge in [0, 0.05) is 20.5 Å². The van der Waals surface area contributed by atoms with E-state index in [0.29, 0.717) is 0 Å². The lowest BCUT2D eigenvalue weighted by Gasteiger charge is -2.16. The van der Waals surface area contributed by atoms with E-state index < -0.39 is 16.1 Å². The van der Waals surface area contributed by atoms with Crippen LogP contribution in [0.4, 0.5) is 5.13 Å². The van der Waals surface area contributed by atoms with Crippen molar-refractivity contribution >= 4 is 32.4 Å². The van der Waals surface area contributed by atoms with Crippen molar-refractivity contribution in [2.24, 2.45) is 0 Å². The van der Waals surface area contributed by atoms with E-state index in [-0.39, 0.29) is 21.9 Å². The van der Waals surface area contributed by atoms with E-state index in [9.17, 15) is 13.2 Å². The number of aliphatic hydroxyl groups is 1. The molecule has 2 N–H and O–H groups in total. The first-order chi connectivity index (χ1) is 8.23. The predicted molar refractivity (Wildman–Crippen MR) is 65.7 cm³/mol. The molecule has 10 heteroatoms. The highest BCUT2D eigenvalue weighted by atomic mass is 32.2. The Hall–Kier alpha value is -1.10. The molecular formula is C8H14N4O4S2. The minimum Gasteiger partial charge on any atom is -0.392 e. The largest absolute Gasteiger partial charge is 0.392 e. The molecule has 0 aromatic carbocycles. The lowest BCUT2D eigenvalue weighted by molar-refractivity contribution is -0.114. The quantitative estimate of drug-likeness (QED) is 0.708. The lowest BCUT2D eigenvalue weighted by atomic mass is 10.4. The van der Waals surface area contributed by atoms with Crippen LogP contribution in [0.2, 0.25) is 0 Å². The zero-order valence-corrected chi connectivity index (χ0v) is 11.7. The maximum Gasteiger partial charge on any atom is 0.272 e. The highest BCUT2D eigenvalue weighted by Crippen LogP contribution is 2.22. The van der Waals surface area contributed by atoms with Crippen LogP contribution < -0.4 is 5.32 Å². The third kappa shape index (κ3) is 3.70. The van der Waals surface area contributed by atoms with E-state index >= 15 is 0 Å². The van der Waals surface area contributed by atoms with Crippen molar-refractivity contribution in [2.45, 2.75) is 24.3 Å². The van der Waals surface area contributed by atoms with Crippen LogP contribution in [0, 0.1) is 0 Å². The van der Waals surface area contributed by atoms with Crippen LogP contribution in [-0.2, 0) is 14.8 Å². The monoisotopic (exact) mass is 294 g/mol. The standard InChI is InChI=1S/C8H14N4O4S2/c1-5(13)4-12(3)18(15,16)8-11-10-7(17-8)9-6(2)14/h5,13H,4H2,1-3H3,(H,9,10,14). The van der Waals surface area contributed by atoms with E-state index in [1.807, 2.05) is 0 Å². The molecule has 1 heterocycles. The highest BCUT2D eigenvalue weighted by molar-refractivity contribution is 7.91. The van der Waals surface area contributed by atoms with E-state index in [4.69, 9.17) is 5.11 Å². The molecule has 1 amide bonds. The topological polar surface area (TPSA) is 112 Å². The number of hydrogen-bond donors (Lipinski definition) is 2. The summed E-state index contributed by atoms with van der Waals surface area (Å²) in [5.74, 6) is -0.354. The number of hydrogen-bond acceptors (Lipinski definition) is 7. The van der Waals surface area contributed by atoms with Crippen molar-refractivity contribution in [2.75, 3.05) is 18.9 Å². The number of sulfonamides is 1. The Labute approximate surface area is 109 Å². The van der Waals surface area contributed by atoms with Gasteiger partial charge >= 0.3 is 0 Å². The van der Waals surface area contributed by atoms with Gasteiger partial charge in [0.25, 0.3) is 10.0 Å². The van der Waals surface area contributed by atoms with Crippen molar-refractivity contribution in [3.8, 4) is 0 Å². The molecule has 0 spiro atoms. The second-order valence-corrected chi connectivity index (χ2v) is 6.88. The fraction of sp³-hybridized carbons (Fsp3) is 0.625. The Morgan fingerprint density at radius 3 is 2.67 bits per heavy atom. The minimum atomic E-state index is -3.78. The van der Waals surface area contributed by atoms with Gasteiger partial charge in [0.15, 0.2) is 0 Å². The summed E-state index contributed by atoms with van der Waals surface area (Å²) < 4.78 is 24.7. The van der Waals surface area contributed by atoms with Gasteiger partial charge in [-0.15, -0.1) is 10.2 Å². The maximum absolute atomic E-state index is 12.0. The lowest BCUT2D eigenvalue weighted by Crippen LogP contribution is -2.33. The summed E-state index contributed by atoms with van der Waals surface area (Å²) >= 11 is 0.758. The van der Waals surface area contributed by atoms with Crippen LogP contribution in [0.5, 0.6) is 0 Å². The van der Waals surface area contributed by atoms with Crippen LogP contribution in [0.3, 0.4) is 0 Å². The van der Waals surface area contributed by atoms with Gasteiger partial charge in [-0.2, -0.15) is 4.31 Å². The highest BCUT2D eigenvalue weighted by Gasteiger charge is 2.26. The first-order valence-electron chi connectivity index (χ1n) is 4.99. The average molecular weight is 294 g/mol. The normalized spacial score (nSPS) is 13.6. The Morgan fingerprint density at radius 2 is 2.17 bits per heavy atom. The maximum atomic E-state index is 12.0. The van der Waals surface area contributed by atoms with Gasteiger partial charge in [-0.05, 0) is 6.92 Å². The second kappa shape index (κ2) is 5.69. The van der Waals surface area contributed by atoms with Crippen molar-refractivity contribution in [3.63, 3.8) is 0 Å². The number of amides is 1. The summed E-state index contributed by atoms with van der Waals surface area (Å²) in [4.78, 5) is 10.8. The molecule has 1 aromatic heterocycles. The van der Waals surface area contributed by atoms with Gasteiger partial charge in [0.1, 0.15) is 0 Å². The summed E-state index contributed by atoms with van der Waals surface area (Å²) in [5.41, 5.74) is 0. The van der Waals surface area contributed by atoms with E-state index in [1.165, 1.54) is 20.9 Å². The number of likely N-dealkylation sites (N-methyl/N-ethyl adjacent to an activating group) is 1. The number of carbonyl (C=O) groups excluding carboxylic acids is 1. The van der Waals surface area contributed by atoms with Crippen LogP contribution >= 0.6 is 11.3 Å². The van der Waals surface area contributed by atoms with Gasteiger partial charge < -0.3 is 10.4 Å². The van der Waals surface area contributed by atoms with Crippen LogP contribution in [-0.4, -0.2) is 53.6 Å². The van der Waals surface area contributed by atoms with Gasteiger partial charge in [-0.3, -0.25) is 4.79 Å². The first kappa shape index (κ1) is 15.0. The molecule has 0 aliphatic heterocycles. The molecule has 0 aliphatic rings. The molecule has 0 saturated heterocycles. The number of aromatic nitrogens is 2. The molecule has 0 saturated carbocycles. The molecule has 0 radical (unpaired) electrons. The summed E-state index contributed by atoms with van der Waals surface area (Å²) in [6.07, 6.45) is -0.785. The number of carbonyl (C=O) groups is 1. The summed E-state index contributed by atoms with van der Waals surface area (Å²) in [6.45, 7) is 2.72. The Kier molecular flexibility index (Phi) is 4.73. The number of nitrogens with one attached hydrogen (secondary N) is 1. The number of aliphatic hydroxyl groups excluding tert-OH is 1. The number of nitrogens with zero attached hydrogens (tertiary/aromatic N) is 3. The predicted octanol–water partition coefficient (Wildman–Crippen LogP) is -0.502. The second-order valence-electron chi connectivity index (χ2n) is 3.69. The third-order valence-electron chi connectivity index (χ3n) is 1.84. The Morgan fingerprint density at radius 1 is 1.56 bits per heavy atom. The van der Waals surface area contributed by atoms with Gasteiger partial charge in [0.05, 0.1) is 6.10 Å². The van der Waals surface area contributed by atoms with Gasteiger partial charge in [-0.1, -0.05) is 11.3 Å². The van der Waals surface area contributed by atoms with Crippen LogP contribution in [0.1, 0.15) is 13.8 Å². The molecule has 8 nitrogen and oxygen atoms in total. The van der Waals surface area contributed by atoms with E-state index in [0.717, 1.165) is 15.6 Å². The molecule has 1 aromatic rings. The fourth-order valence-electron chi connectivity index (χ4n) is 1.12. The molecule has 18 heavy (non-hydrogen) atoms. The summed E-state index contributed by atoms with van der Waals surface area (Å²) in [6, 6.07) is 0. The molecule has 1 rings (SSSR count). The van der Waals surface area contributed by atoms with Crippen molar-refractivity contribution in [1.29, 1.82) is 0 Å². The molecule has 102 valence electrons. The van der Waals surface area contributed by atoms with Gasteiger partial charge in [-0.25, -0.2) is 8.42 Å². The average Bonchev–Trinajstić information content (AvgIpc) is 2.64. The third-order valence-corrected chi connectivity index (χ3v) is 4.85. The molecular weight excluding hydrogens is 280 g/mol. The van der Waals surface area contributed by atoms with Crippen molar-refractivity contribution < 1.29 is 18.3 Å². The Balaban J connectivity index is 2.91. The van der Waals surface area contributed by atoms with Crippen molar-refractivity contribution in [1.82, 2.24) is 14.5 Å². The molecule has 0 bridgehead atoms. The van der Waals surface area contributed by atoms with Gasteiger partial charge in [0.2, 0.25) is 15.4 Å². The van der Waals surface area contributed by atoms with Crippen molar-refractivity contribution in [3.05, 3.63) is 0 Å².